The number of rotatable bonds is 6. The Kier molecular flexibility index (Phi) is 7.53. The zero-order chi connectivity index (χ0) is 27.3. The Morgan fingerprint density at radius 2 is 1.53 bits per heavy atom. The molecule has 6 nitrogen and oxygen atoms in total. The van der Waals surface area contributed by atoms with Crippen LogP contribution < -0.4 is 10.6 Å². The maximum atomic E-state index is 13.1. The monoisotopic (exact) mass is 514 g/mol. The fraction of sp³-hybridized carbons (Fsp3) is 0.103. The second kappa shape index (κ2) is 11.0. The molecule has 0 atom stereocenters. The standard InChI is InChI=1S/C29H21F3N4O2/c1-18-13-21(29(30,31)32)15-22(14-18)35-28(38)26-12-6-11-25(36-26)27(37)34-17-20-8-3-5-10-24(20)23-9-4-2-7-19(23)16-33/h2-15H,17H2,1H3,(H,34,37)(H,35,38). The Morgan fingerprint density at radius 1 is 0.868 bits per heavy atom. The number of nitriles is 1. The summed E-state index contributed by atoms with van der Waals surface area (Å²) in [6, 6.07) is 24.1. The van der Waals surface area contributed by atoms with Crippen LogP contribution in [0.25, 0.3) is 11.1 Å². The summed E-state index contributed by atoms with van der Waals surface area (Å²) in [4.78, 5) is 29.6. The SMILES string of the molecule is Cc1cc(NC(=O)c2cccc(C(=O)NCc3ccccc3-c3ccccc3C#N)n2)cc(C(F)(F)F)c1. The molecule has 1 aromatic heterocycles. The summed E-state index contributed by atoms with van der Waals surface area (Å²) in [5, 5.41) is 14.6. The molecule has 190 valence electrons. The van der Waals surface area contributed by atoms with Gasteiger partial charge in [-0.3, -0.25) is 9.59 Å². The smallest absolute Gasteiger partial charge is 0.347 e. The van der Waals surface area contributed by atoms with E-state index in [0.29, 0.717) is 11.1 Å². The van der Waals surface area contributed by atoms with Crippen molar-refractivity contribution in [2.45, 2.75) is 19.6 Å². The third-order valence-corrected chi connectivity index (χ3v) is 5.67. The zero-order valence-corrected chi connectivity index (χ0v) is 20.1. The van der Waals surface area contributed by atoms with E-state index in [-0.39, 0.29) is 23.6 Å². The van der Waals surface area contributed by atoms with Gasteiger partial charge in [-0.15, -0.1) is 0 Å². The zero-order valence-electron chi connectivity index (χ0n) is 20.1. The highest BCUT2D eigenvalue weighted by molar-refractivity contribution is 6.04. The summed E-state index contributed by atoms with van der Waals surface area (Å²) in [7, 11) is 0. The van der Waals surface area contributed by atoms with Crippen LogP contribution in [0.5, 0.6) is 0 Å². The normalized spacial score (nSPS) is 10.9. The van der Waals surface area contributed by atoms with Crippen LogP contribution in [0.4, 0.5) is 18.9 Å². The van der Waals surface area contributed by atoms with Crippen molar-refractivity contribution >= 4 is 17.5 Å². The van der Waals surface area contributed by atoms with E-state index < -0.39 is 23.6 Å². The van der Waals surface area contributed by atoms with Gasteiger partial charge in [-0.1, -0.05) is 48.5 Å². The van der Waals surface area contributed by atoms with Gasteiger partial charge in [0.15, 0.2) is 0 Å². The molecule has 38 heavy (non-hydrogen) atoms. The van der Waals surface area contributed by atoms with E-state index in [1.165, 1.54) is 31.2 Å². The molecule has 9 heteroatoms. The highest BCUT2D eigenvalue weighted by atomic mass is 19.4. The molecule has 0 aliphatic rings. The van der Waals surface area contributed by atoms with E-state index in [1.54, 1.807) is 12.1 Å². The minimum Gasteiger partial charge on any atom is -0.347 e. The average molecular weight is 515 g/mol. The summed E-state index contributed by atoms with van der Waals surface area (Å²) in [6.07, 6.45) is -4.56. The molecule has 4 aromatic rings. The van der Waals surface area contributed by atoms with Crippen molar-refractivity contribution in [1.29, 1.82) is 5.26 Å². The van der Waals surface area contributed by atoms with Crippen LogP contribution in [0.15, 0.2) is 84.9 Å². The molecule has 0 fully saturated rings. The quantitative estimate of drug-likeness (QED) is 0.324. The molecule has 1 heterocycles. The van der Waals surface area contributed by atoms with E-state index in [9.17, 15) is 28.0 Å². The van der Waals surface area contributed by atoms with Crippen LogP contribution in [0.1, 0.15) is 43.2 Å². The molecule has 0 unspecified atom stereocenters. The first-order chi connectivity index (χ1) is 18.2. The van der Waals surface area contributed by atoms with Gasteiger partial charge in [0.05, 0.1) is 17.2 Å². The summed E-state index contributed by atoms with van der Waals surface area (Å²) in [5.41, 5.74) is 2.06. The van der Waals surface area contributed by atoms with Crippen molar-refractivity contribution in [3.63, 3.8) is 0 Å². The first-order valence-electron chi connectivity index (χ1n) is 11.5. The van der Waals surface area contributed by atoms with Gasteiger partial charge in [-0.25, -0.2) is 4.98 Å². The number of nitrogens with zero attached hydrogens (tertiary/aromatic N) is 2. The number of halogens is 3. The average Bonchev–Trinajstić information content (AvgIpc) is 2.91. The molecule has 0 saturated heterocycles. The molecule has 0 aliphatic heterocycles. The van der Waals surface area contributed by atoms with E-state index >= 15 is 0 Å². The molecule has 3 aromatic carbocycles. The number of pyridine rings is 1. The van der Waals surface area contributed by atoms with Crippen molar-refractivity contribution in [1.82, 2.24) is 10.3 Å². The van der Waals surface area contributed by atoms with E-state index in [1.807, 2.05) is 36.4 Å². The van der Waals surface area contributed by atoms with Gasteiger partial charge < -0.3 is 10.6 Å². The molecular weight excluding hydrogens is 493 g/mol. The molecule has 0 spiro atoms. The highest BCUT2D eigenvalue weighted by Crippen LogP contribution is 2.32. The predicted molar refractivity (Wildman–Crippen MR) is 136 cm³/mol. The Labute approximate surface area is 216 Å². The molecule has 0 aliphatic carbocycles. The largest absolute Gasteiger partial charge is 0.416 e. The lowest BCUT2D eigenvalue weighted by molar-refractivity contribution is -0.137. The fourth-order valence-corrected chi connectivity index (χ4v) is 3.92. The van der Waals surface area contributed by atoms with Crippen molar-refractivity contribution < 1.29 is 22.8 Å². The van der Waals surface area contributed by atoms with Crippen LogP contribution in [0, 0.1) is 18.3 Å². The van der Waals surface area contributed by atoms with Crippen LogP contribution in [0.2, 0.25) is 0 Å². The lowest BCUT2D eigenvalue weighted by Crippen LogP contribution is -2.25. The molecule has 2 N–H and O–H groups in total. The Bertz CT molecular complexity index is 1560. The second-order valence-corrected chi connectivity index (χ2v) is 8.44. The lowest BCUT2D eigenvalue weighted by atomic mass is 9.96. The van der Waals surface area contributed by atoms with Gasteiger partial charge in [0, 0.05) is 12.2 Å². The van der Waals surface area contributed by atoms with Gasteiger partial charge in [0.25, 0.3) is 11.8 Å². The second-order valence-electron chi connectivity index (χ2n) is 8.44. The third-order valence-electron chi connectivity index (χ3n) is 5.67. The van der Waals surface area contributed by atoms with Crippen molar-refractivity contribution in [3.8, 4) is 17.2 Å². The lowest BCUT2D eigenvalue weighted by Gasteiger charge is -2.13. The number of amides is 2. The van der Waals surface area contributed by atoms with Crippen LogP contribution in [-0.2, 0) is 12.7 Å². The third kappa shape index (κ3) is 6.05. The first-order valence-corrected chi connectivity index (χ1v) is 11.5. The van der Waals surface area contributed by atoms with Crippen molar-refractivity contribution in [2.75, 3.05) is 5.32 Å². The predicted octanol–water partition coefficient (Wildman–Crippen LogP) is 6.13. The number of benzene rings is 3. The maximum absolute atomic E-state index is 13.1. The first kappa shape index (κ1) is 26.1. The summed E-state index contributed by atoms with van der Waals surface area (Å²) < 4.78 is 39.4. The molecule has 0 bridgehead atoms. The van der Waals surface area contributed by atoms with Crippen molar-refractivity contribution in [3.05, 3.63) is 119 Å². The number of hydrogen-bond donors (Lipinski definition) is 2. The Morgan fingerprint density at radius 3 is 2.24 bits per heavy atom. The fourth-order valence-electron chi connectivity index (χ4n) is 3.92. The minimum atomic E-state index is -4.56. The Hall–Kier alpha value is -4.97. The number of carbonyl (C=O) groups is 2. The summed E-state index contributed by atoms with van der Waals surface area (Å²) in [5.74, 6) is -1.30. The summed E-state index contributed by atoms with van der Waals surface area (Å²) >= 11 is 0. The topological polar surface area (TPSA) is 94.9 Å². The van der Waals surface area contributed by atoms with Gasteiger partial charge in [0.1, 0.15) is 11.4 Å². The number of aryl methyl sites for hydroxylation is 1. The number of nitrogens with one attached hydrogen (secondary N) is 2. The molecule has 4 rings (SSSR count). The van der Waals surface area contributed by atoms with E-state index in [0.717, 1.165) is 28.8 Å². The van der Waals surface area contributed by atoms with Gasteiger partial charge in [-0.2, -0.15) is 18.4 Å². The van der Waals surface area contributed by atoms with E-state index in [2.05, 4.69) is 21.7 Å². The number of hydrogen-bond acceptors (Lipinski definition) is 4. The van der Waals surface area contributed by atoms with Crippen LogP contribution >= 0.6 is 0 Å². The van der Waals surface area contributed by atoms with Gasteiger partial charge in [-0.05, 0) is 65.6 Å². The number of aromatic nitrogens is 1. The molecule has 2 amide bonds. The molecule has 0 saturated carbocycles. The number of alkyl halides is 3. The van der Waals surface area contributed by atoms with Crippen LogP contribution in [0.3, 0.4) is 0 Å². The highest BCUT2D eigenvalue weighted by Gasteiger charge is 2.31. The van der Waals surface area contributed by atoms with Gasteiger partial charge in [0.2, 0.25) is 0 Å². The number of anilines is 1. The number of carbonyl (C=O) groups excluding carboxylic acids is 2. The van der Waals surface area contributed by atoms with Crippen molar-refractivity contribution in [2.24, 2.45) is 0 Å². The van der Waals surface area contributed by atoms with Gasteiger partial charge >= 0.3 is 6.18 Å². The van der Waals surface area contributed by atoms with Crippen LogP contribution in [-0.4, -0.2) is 16.8 Å². The Balaban J connectivity index is 1.49. The summed E-state index contributed by atoms with van der Waals surface area (Å²) in [6.45, 7) is 1.63. The maximum Gasteiger partial charge on any atom is 0.416 e. The molecule has 0 radical (unpaired) electrons. The van der Waals surface area contributed by atoms with E-state index in [4.69, 9.17) is 0 Å². The minimum absolute atomic E-state index is 0.0340. The molecular formula is C29H21F3N4O2.